The van der Waals surface area contributed by atoms with Gasteiger partial charge in [-0.1, -0.05) is 0 Å². The Morgan fingerprint density at radius 1 is 1.27 bits per heavy atom. The molecular formula is C22H29NO7. The summed E-state index contributed by atoms with van der Waals surface area (Å²) in [5.41, 5.74) is 0.226. The fraction of sp³-hybridized carbons (Fsp3) is 0.500. The first-order valence-corrected chi connectivity index (χ1v) is 9.85. The van der Waals surface area contributed by atoms with Crippen molar-refractivity contribution < 1.29 is 28.6 Å². The lowest BCUT2D eigenvalue weighted by Gasteiger charge is -2.14. The van der Waals surface area contributed by atoms with Crippen LogP contribution in [0.4, 0.5) is 0 Å². The number of aldehydes is 1. The van der Waals surface area contributed by atoms with E-state index in [9.17, 15) is 19.5 Å². The Hall–Kier alpha value is -2.71. The van der Waals surface area contributed by atoms with E-state index in [0.29, 0.717) is 35.8 Å². The lowest BCUT2D eigenvalue weighted by molar-refractivity contribution is -0.119. The lowest BCUT2D eigenvalue weighted by Crippen LogP contribution is -2.16. The second-order valence-corrected chi connectivity index (χ2v) is 7.41. The molecule has 2 rings (SSSR count). The van der Waals surface area contributed by atoms with E-state index < -0.39 is 5.63 Å². The van der Waals surface area contributed by atoms with E-state index in [2.05, 4.69) is 0 Å². The number of hydrogen-bond acceptors (Lipinski definition) is 8. The molecule has 1 aromatic carbocycles. The zero-order valence-electron chi connectivity index (χ0n) is 17.9. The van der Waals surface area contributed by atoms with Crippen molar-refractivity contribution in [3.05, 3.63) is 33.2 Å². The van der Waals surface area contributed by atoms with Gasteiger partial charge in [0.05, 0.1) is 6.61 Å². The molecule has 1 heterocycles. The summed E-state index contributed by atoms with van der Waals surface area (Å²) in [6, 6.07) is 1.54. The van der Waals surface area contributed by atoms with Crippen LogP contribution in [-0.2, 0) is 16.0 Å². The molecule has 8 nitrogen and oxygen atoms in total. The van der Waals surface area contributed by atoms with Gasteiger partial charge >= 0.3 is 5.63 Å². The third-order valence-electron chi connectivity index (χ3n) is 4.93. The molecule has 0 bridgehead atoms. The number of carbonyl (C=O) groups excluding carboxylic acids is 2. The van der Waals surface area contributed by atoms with Gasteiger partial charge in [0, 0.05) is 30.9 Å². The molecule has 1 aromatic heterocycles. The van der Waals surface area contributed by atoms with Crippen LogP contribution in [0.1, 0.15) is 40.7 Å². The number of benzene rings is 1. The van der Waals surface area contributed by atoms with Crippen molar-refractivity contribution in [2.75, 3.05) is 41.0 Å². The summed E-state index contributed by atoms with van der Waals surface area (Å²) >= 11 is 0. The van der Waals surface area contributed by atoms with Crippen LogP contribution >= 0.6 is 0 Å². The molecule has 164 valence electrons. The molecule has 30 heavy (non-hydrogen) atoms. The highest BCUT2D eigenvalue weighted by molar-refractivity contribution is 6.00. The Labute approximate surface area is 175 Å². The highest BCUT2D eigenvalue weighted by atomic mass is 16.5. The molecule has 8 heteroatoms. The minimum absolute atomic E-state index is 0.00477. The molecular weight excluding hydrogens is 390 g/mol. The van der Waals surface area contributed by atoms with E-state index in [1.54, 1.807) is 6.92 Å². The largest absolute Gasteiger partial charge is 0.504 e. The van der Waals surface area contributed by atoms with E-state index >= 15 is 0 Å². The molecule has 0 spiro atoms. The van der Waals surface area contributed by atoms with E-state index in [1.165, 1.54) is 13.2 Å². The minimum atomic E-state index is -0.614. The number of methoxy groups -OCH3 is 1. The molecule has 0 atom stereocenters. The number of ketones is 1. The van der Waals surface area contributed by atoms with Gasteiger partial charge in [0.15, 0.2) is 23.4 Å². The van der Waals surface area contributed by atoms with Crippen molar-refractivity contribution in [1.82, 2.24) is 4.90 Å². The number of hydrogen-bond donors (Lipinski definition) is 1. The van der Waals surface area contributed by atoms with Crippen molar-refractivity contribution in [3.63, 3.8) is 0 Å². The third kappa shape index (κ3) is 5.67. The van der Waals surface area contributed by atoms with Gasteiger partial charge in [0.1, 0.15) is 18.0 Å². The molecule has 0 saturated heterocycles. The first kappa shape index (κ1) is 23.6. The monoisotopic (exact) mass is 419 g/mol. The van der Waals surface area contributed by atoms with Gasteiger partial charge in [0.2, 0.25) is 0 Å². The highest BCUT2D eigenvalue weighted by Crippen LogP contribution is 2.37. The average Bonchev–Trinajstić information content (AvgIpc) is 2.69. The van der Waals surface area contributed by atoms with Crippen LogP contribution in [0.25, 0.3) is 11.0 Å². The molecule has 0 radical (unpaired) electrons. The van der Waals surface area contributed by atoms with Crippen molar-refractivity contribution in [2.45, 2.75) is 32.6 Å². The van der Waals surface area contributed by atoms with E-state index in [4.69, 9.17) is 13.9 Å². The second-order valence-electron chi connectivity index (χ2n) is 7.41. The number of carbonyl (C=O) groups is 2. The number of phenolic OH excluding ortho intramolecular Hbond substituents is 1. The quantitative estimate of drug-likeness (QED) is 0.318. The topological polar surface area (TPSA) is 106 Å². The summed E-state index contributed by atoms with van der Waals surface area (Å²) in [4.78, 5) is 38.2. The maximum absolute atomic E-state index is 12.5. The van der Waals surface area contributed by atoms with Gasteiger partial charge in [-0.15, -0.1) is 0 Å². The maximum Gasteiger partial charge on any atom is 0.339 e. The van der Waals surface area contributed by atoms with E-state index in [-0.39, 0.29) is 47.9 Å². The summed E-state index contributed by atoms with van der Waals surface area (Å²) in [6.07, 6.45) is 2.14. The minimum Gasteiger partial charge on any atom is -0.504 e. The average molecular weight is 419 g/mol. The molecule has 0 aliphatic rings. The Morgan fingerprint density at radius 3 is 2.63 bits per heavy atom. The van der Waals surface area contributed by atoms with E-state index in [0.717, 1.165) is 13.0 Å². The zero-order valence-corrected chi connectivity index (χ0v) is 17.9. The van der Waals surface area contributed by atoms with Gasteiger partial charge in [-0.05, 0) is 52.0 Å². The first-order valence-electron chi connectivity index (χ1n) is 9.85. The summed E-state index contributed by atoms with van der Waals surface area (Å²) in [5, 5.41) is 10.8. The normalized spacial score (nSPS) is 11.2. The van der Waals surface area contributed by atoms with Crippen molar-refractivity contribution in [2.24, 2.45) is 0 Å². The molecule has 0 saturated carbocycles. The smallest absolute Gasteiger partial charge is 0.339 e. The standard InChI is InChI=1S/C22H29NO7/c1-14-16(8-7-15(25)6-5-9-23(2)3)22(27)30-21-17(14)12-19(29-11-10-28-4)20(26)18(21)13-24/h12-13,26H,5-11H2,1-4H3. The molecule has 1 N–H and O–H groups in total. The molecule has 0 unspecified atom stereocenters. The molecule has 0 aliphatic carbocycles. The number of Topliss-reactive ketones (excluding diaryl/α,β-unsaturated/α-hetero) is 1. The molecule has 0 fully saturated rings. The lowest BCUT2D eigenvalue weighted by atomic mass is 9.98. The predicted octanol–water partition coefficient (Wildman–Crippen LogP) is 2.49. The maximum atomic E-state index is 12.5. The zero-order chi connectivity index (χ0) is 22.3. The number of phenols is 1. The van der Waals surface area contributed by atoms with Crippen molar-refractivity contribution in [1.29, 1.82) is 0 Å². The predicted molar refractivity (Wildman–Crippen MR) is 113 cm³/mol. The Kier molecular flexibility index (Phi) is 8.56. The fourth-order valence-electron chi connectivity index (χ4n) is 3.23. The van der Waals surface area contributed by atoms with Gasteiger partial charge in [-0.25, -0.2) is 4.79 Å². The Balaban J connectivity index is 2.33. The number of aryl methyl sites for hydroxylation is 1. The van der Waals surface area contributed by atoms with Gasteiger partial charge in [-0.3, -0.25) is 9.59 Å². The third-order valence-corrected chi connectivity index (χ3v) is 4.93. The van der Waals surface area contributed by atoms with Crippen molar-refractivity contribution in [3.8, 4) is 11.5 Å². The van der Waals surface area contributed by atoms with Crippen LogP contribution < -0.4 is 10.4 Å². The SMILES string of the molecule is COCCOc1cc2c(C)c(CCC(=O)CCCN(C)C)c(=O)oc2c(C=O)c1O. The van der Waals surface area contributed by atoms with Gasteiger partial charge in [0.25, 0.3) is 0 Å². The fourth-order valence-corrected chi connectivity index (χ4v) is 3.23. The Bertz CT molecular complexity index is 962. The van der Waals surface area contributed by atoms with Crippen molar-refractivity contribution >= 4 is 23.0 Å². The molecule has 0 aliphatic heterocycles. The number of rotatable bonds is 12. The van der Waals surface area contributed by atoms with Crippen LogP contribution in [-0.4, -0.2) is 63.0 Å². The van der Waals surface area contributed by atoms with Gasteiger partial charge < -0.3 is 23.9 Å². The summed E-state index contributed by atoms with van der Waals surface area (Å²) < 4.78 is 15.8. The van der Waals surface area contributed by atoms with Gasteiger partial charge in [-0.2, -0.15) is 0 Å². The number of aromatic hydroxyl groups is 1. The summed E-state index contributed by atoms with van der Waals surface area (Å²) in [6.45, 7) is 3.04. The van der Waals surface area contributed by atoms with E-state index in [1.807, 2.05) is 19.0 Å². The summed E-state index contributed by atoms with van der Waals surface area (Å²) in [5.74, 6) is -0.206. The number of ether oxygens (including phenoxy) is 2. The van der Waals surface area contributed by atoms with Crippen LogP contribution in [0.5, 0.6) is 11.5 Å². The number of fused-ring (bicyclic) bond motifs is 1. The summed E-state index contributed by atoms with van der Waals surface area (Å²) in [7, 11) is 5.42. The van der Waals surface area contributed by atoms with Crippen LogP contribution in [0, 0.1) is 6.92 Å². The second kappa shape index (κ2) is 10.9. The van der Waals surface area contributed by atoms with Crippen LogP contribution in [0.15, 0.2) is 15.3 Å². The Morgan fingerprint density at radius 2 is 2.00 bits per heavy atom. The number of nitrogens with zero attached hydrogens (tertiary/aromatic N) is 1. The molecule has 2 aromatic rings. The molecule has 0 amide bonds. The first-order chi connectivity index (χ1) is 14.3. The van der Waals surface area contributed by atoms with Crippen LogP contribution in [0.2, 0.25) is 0 Å². The van der Waals surface area contributed by atoms with Crippen LogP contribution in [0.3, 0.4) is 0 Å². The highest BCUT2D eigenvalue weighted by Gasteiger charge is 2.20.